The van der Waals surface area contributed by atoms with Crippen LogP contribution in [-0.4, -0.2) is 38.6 Å². The van der Waals surface area contributed by atoms with E-state index in [4.69, 9.17) is 0 Å². The Kier molecular flexibility index (Phi) is 4.07. The summed E-state index contributed by atoms with van der Waals surface area (Å²) < 4.78 is 1.91. The Morgan fingerprint density at radius 1 is 1.48 bits per heavy atom. The molecular weight excluding hydrogens is 286 g/mol. The van der Waals surface area contributed by atoms with Gasteiger partial charge in [-0.1, -0.05) is 0 Å². The number of carbonyl (C=O) groups is 1. The van der Waals surface area contributed by atoms with Crippen LogP contribution in [0.3, 0.4) is 0 Å². The van der Waals surface area contributed by atoms with Crippen molar-refractivity contribution in [1.82, 2.24) is 14.5 Å². The van der Waals surface area contributed by atoms with E-state index in [9.17, 15) is 9.90 Å². The zero-order valence-electron chi connectivity index (χ0n) is 12.0. The van der Waals surface area contributed by atoms with E-state index < -0.39 is 5.97 Å². The summed E-state index contributed by atoms with van der Waals surface area (Å²) in [7, 11) is 0. The molecule has 6 heteroatoms. The van der Waals surface area contributed by atoms with E-state index in [-0.39, 0.29) is 0 Å². The molecule has 2 aromatic heterocycles. The number of carboxylic acids is 1. The van der Waals surface area contributed by atoms with Crippen LogP contribution < -0.4 is 0 Å². The van der Waals surface area contributed by atoms with Gasteiger partial charge in [-0.05, 0) is 31.9 Å². The lowest BCUT2D eigenvalue weighted by Gasteiger charge is -2.32. The first kappa shape index (κ1) is 14.3. The molecule has 1 N–H and O–H groups in total. The van der Waals surface area contributed by atoms with Crippen molar-refractivity contribution in [2.45, 2.75) is 32.4 Å². The van der Waals surface area contributed by atoms with Gasteiger partial charge < -0.3 is 9.67 Å². The van der Waals surface area contributed by atoms with Crippen molar-refractivity contribution in [3.05, 3.63) is 40.1 Å². The van der Waals surface area contributed by atoms with Gasteiger partial charge in [-0.3, -0.25) is 4.90 Å². The quantitative estimate of drug-likeness (QED) is 0.943. The normalized spacial score (nSPS) is 17.2. The average molecular weight is 305 g/mol. The first-order chi connectivity index (χ1) is 10.1. The third-order valence-electron chi connectivity index (χ3n) is 4.00. The number of hydrogen-bond donors (Lipinski definition) is 1. The molecule has 3 heterocycles. The zero-order valence-corrected chi connectivity index (χ0v) is 12.8. The number of likely N-dealkylation sites (tertiary alicyclic amines) is 1. The number of aromatic nitrogens is 2. The molecule has 3 rings (SSSR count). The van der Waals surface area contributed by atoms with Crippen LogP contribution in [0.5, 0.6) is 0 Å². The van der Waals surface area contributed by atoms with E-state index in [1.54, 1.807) is 17.4 Å². The van der Waals surface area contributed by atoms with Gasteiger partial charge in [0, 0.05) is 37.3 Å². The standard InChI is InChI=1S/C15H19N3O2S/c1-11-16-12(10-21-11)9-17-7-4-13(5-8-17)18-6-2-3-14(18)15(19)20/h2-3,6,10,13H,4-5,7-9H2,1H3,(H,19,20). The second-order valence-electron chi connectivity index (χ2n) is 5.47. The van der Waals surface area contributed by atoms with Gasteiger partial charge in [0.2, 0.25) is 0 Å². The molecule has 2 aromatic rings. The summed E-state index contributed by atoms with van der Waals surface area (Å²) in [5, 5.41) is 12.4. The second-order valence-corrected chi connectivity index (χ2v) is 6.53. The summed E-state index contributed by atoms with van der Waals surface area (Å²) in [6.07, 6.45) is 3.85. The maximum absolute atomic E-state index is 11.2. The van der Waals surface area contributed by atoms with Gasteiger partial charge in [-0.25, -0.2) is 9.78 Å². The predicted octanol–water partition coefficient (Wildman–Crippen LogP) is 2.79. The van der Waals surface area contributed by atoms with E-state index >= 15 is 0 Å². The highest BCUT2D eigenvalue weighted by Crippen LogP contribution is 2.25. The van der Waals surface area contributed by atoms with Gasteiger partial charge in [0.1, 0.15) is 5.69 Å². The highest BCUT2D eigenvalue weighted by Gasteiger charge is 2.23. The molecule has 0 saturated carbocycles. The Morgan fingerprint density at radius 3 is 2.86 bits per heavy atom. The maximum atomic E-state index is 11.2. The third kappa shape index (κ3) is 3.16. The summed E-state index contributed by atoms with van der Waals surface area (Å²) in [6, 6.07) is 3.78. The lowest BCUT2D eigenvalue weighted by molar-refractivity contribution is 0.0678. The van der Waals surface area contributed by atoms with Crippen LogP contribution in [0.1, 0.15) is 40.1 Å². The van der Waals surface area contributed by atoms with Gasteiger partial charge >= 0.3 is 5.97 Å². The molecule has 0 amide bonds. The molecule has 1 saturated heterocycles. The minimum Gasteiger partial charge on any atom is -0.477 e. The highest BCUT2D eigenvalue weighted by atomic mass is 32.1. The largest absolute Gasteiger partial charge is 0.477 e. The fourth-order valence-corrected chi connectivity index (χ4v) is 3.56. The average Bonchev–Trinajstić information content (AvgIpc) is 3.09. The van der Waals surface area contributed by atoms with E-state index in [2.05, 4.69) is 15.3 Å². The Balaban J connectivity index is 1.60. The van der Waals surface area contributed by atoms with E-state index in [0.717, 1.165) is 43.2 Å². The minimum atomic E-state index is -0.847. The summed E-state index contributed by atoms with van der Waals surface area (Å²) >= 11 is 1.69. The van der Waals surface area contributed by atoms with Crippen molar-refractivity contribution in [1.29, 1.82) is 0 Å². The predicted molar refractivity (Wildman–Crippen MR) is 81.8 cm³/mol. The lowest BCUT2D eigenvalue weighted by Crippen LogP contribution is -2.34. The number of piperidine rings is 1. The van der Waals surface area contributed by atoms with E-state index in [1.165, 1.54) is 0 Å². The summed E-state index contributed by atoms with van der Waals surface area (Å²) in [6.45, 7) is 4.89. The van der Waals surface area contributed by atoms with Gasteiger partial charge in [0.05, 0.1) is 10.7 Å². The lowest BCUT2D eigenvalue weighted by atomic mass is 10.0. The molecule has 0 bridgehead atoms. The smallest absolute Gasteiger partial charge is 0.352 e. The third-order valence-corrected chi connectivity index (χ3v) is 4.82. The first-order valence-corrected chi connectivity index (χ1v) is 8.05. The molecule has 112 valence electrons. The summed E-state index contributed by atoms with van der Waals surface area (Å²) in [5.74, 6) is -0.847. The summed E-state index contributed by atoms with van der Waals surface area (Å²) in [4.78, 5) is 18.1. The highest BCUT2D eigenvalue weighted by molar-refractivity contribution is 7.09. The molecule has 1 aliphatic rings. The Bertz CT molecular complexity index is 626. The van der Waals surface area contributed by atoms with E-state index in [1.807, 2.05) is 23.8 Å². The number of thiazole rings is 1. The number of aryl methyl sites for hydroxylation is 1. The van der Waals surface area contributed by atoms with Gasteiger partial charge in [-0.2, -0.15) is 0 Å². The van der Waals surface area contributed by atoms with Gasteiger partial charge in [-0.15, -0.1) is 11.3 Å². The van der Waals surface area contributed by atoms with Crippen LogP contribution in [0.4, 0.5) is 0 Å². The molecule has 0 spiro atoms. The number of hydrogen-bond acceptors (Lipinski definition) is 4. The molecule has 0 aliphatic carbocycles. The Morgan fingerprint density at radius 2 is 2.24 bits per heavy atom. The molecule has 0 aromatic carbocycles. The molecule has 0 radical (unpaired) electrons. The van der Waals surface area contributed by atoms with Crippen LogP contribution in [-0.2, 0) is 6.54 Å². The van der Waals surface area contributed by atoms with Crippen LogP contribution >= 0.6 is 11.3 Å². The Labute approximate surface area is 127 Å². The SMILES string of the molecule is Cc1nc(CN2CCC(n3cccc3C(=O)O)CC2)cs1. The van der Waals surface area contributed by atoms with Crippen molar-refractivity contribution in [3.8, 4) is 0 Å². The second kappa shape index (κ2) is 5.99. The summed E-state index contributed by atoms with van der Waals surface area (Å²) in [5.41, 5.74) is 1.53. The van der Waals surface area contributed by atoms with Crippen molar-refractivity contribution < 1.29 is 9.90 Å². The molecule has 5 nitrogen and oxygen atoms in total. The number of nitrogens with zero attached hydrogens (tertiary/aromatic N) is 3. The molecule has 0 atom stereocenters. The van der Waals surface area contributed by atoms with Crippen LogP contribution in [0.2, 0.25) is 0 Å². The zero-order chi connectivity index (χ0) is 14.8. The maximum Gasteiger partial charge on any atom is 0.352 e. The first-order valence-electron chi connectivity index (χ1n) is 7.17. The van der Waals surface area contributed by atoms with Crippen molar-refractivity contribution in [3.63, 3.8) is 0 Å². The molecule has 21 heavy (non-hydrogen) atoms. The molecule has 0 unspecified atom stereocenters. The number of aromatic carboxylic acids is 1. The fraction of sp³-hybridized carbons (Fsp3) is 0.467. The number of rotatable bonds is 4. The number of carboxylic acid groups (broad SMARTS) is 1. The van der Waals surface area contributed by atoms with Crippen LogP contribution in [0.15, 0.2) is 23.7 Å². The Hall–Kier alpha value is -1.66. The van der Waals surface area contributed by atoms with E-state index in [0.29, 0.717) is 11.7 Å². The molecule has 1 aliphatic heterocycles. The minimum absolute atomic E-state index is 0.291. The van der Waals surface area contributed by atoms with Gasteiger partial charge in [0.15, 0.2) is 0 Å². The van der Waals surface area contributed by atoms with Crippen LogP contribution in [0, 0.1) is 6.92 Å². The van der Waals surface area contributed by atoms with Crippen molar-refractivity contribution in [2.24, 2.45) is 0 Å². The monoisotopic (exact) mass is 305 g/mol. The molecule has 1 fully saturated rings. The van der Waals surface area contributed by atoms with Crippen LogP contribution in [0.25, 0.3) is 0 Å². The van der Waals surface area contributed by atoms with Crippen molar-refractivity contribution >= 4 is 17.3 Å². The fourth-order valence-electron chi connectivity index (χ4n) is 2.96. The van der Waals surface area contributed by atoms with Gasteiger partial charge in [0.25, 0.3) is 0 Å². The molecular formula is C15H19N3O2S. The van der Waals surface area contributed by atoms with Crippen molar-refractivity contribution in [2.75, 3.05) is 13.1 Å². The topological polar surface area (TPSA) is 58.4 Å².